The van der Waals surface area contributed by atoms with Gasteiger partial charge in [-0.15, -0.1) is 0 Å². The Bertz CT molecular complexity index is 1530. The number of rotatable bonds is 3. The monoisotopic (exact) mass is 490 g/mol. The third-order valence-electron chi connectivity index (χ3n) is 5.51. The average molecular weight is 491 g/mol. The molecule has 4 aromatic carbocycles. The van der Waals surface area contributed by atoms with E-state index < -0.39 is 12.0 Å². The summed E-state index contributed by atoms with van der Waals surface area (Å²) in [6.45, 7) is 1.29. The normalized spacial score (nSPS) is 11.7. The molecule has 5 rings (SSSR count). The molecule has 0 heterocycles. The molecule has 0 fully saturated rings. The summed E-state index contributed by atoms with van der Waals surface area (Å²) in [4.78, 5) is 37.4. The molecule has 8 heteroatoms. The maximum absolute atomic E-state index is 13.0. The first-order valence-electron chi connectivity index (χ1n) is 10.3. The number of hydrogen-bond donors (Lipinski definition) is 2. The van der Waals surface area contributed by atoms with E-state index in [0.717, 1.165) is 11.1 Å². The number of fused-ring (bicyclic) bond motifs is 4. The molecule has 0 bridgehead atoms. The smallest absolute Gasteiger partial charge is 0.323 e. The summed E-state index contributed by atoms with van der Waals surface area (Å²) >= 11 is 12.7. The first-order chi connectivity index (χ1) is 16.3. The van der Waals surface area contributed by atoms with Crippen molar-refractivity contribution in [2.45, 2.75) is 6.92 Å². The van der Waals surface area contributed by atoms with Crippen molar-refractivity contribution in [3.63, 3.8) is 0 Å². The van der Waals surface area contributed by atoms with Crippen LogP contribution in [-0.2, 0) is 4.79 Å². The molecule has 0 unspecified atom stereocenters. The molecule has 4 aromatic rings. The van der Waals surface area contributed by atoms with Crippen LogP contribution in [0.2, 0.25) is 10.0 Å². The fraction of sp³-hybridized carbons (Fsp3) is 0.0385. The summed E-state index contributed by atoms with van der Waals surface area (Å²) < 4.78 is 5.16. The maximum Gasteiger partial charge on any atom is 0.323 e. The second kappa shape index (κ2) is 8.48. The second-order valence-electron chi connectivity index (χ2n) is 7.70. The van der Waals surface area contributed by atoms with Crippen molar-refractivity contribution in [1.29, 1.82) is 0 Å². The molecule has 0 saturated heterocycles. The lowest BCUT2D eigenvalue weighted by atomic mass is 10.0. The number of urea groups is 1. The van der Waals surface area contributed by atoms with Gasteiger partial charge in [-0.05, 0) is 41.5 Å². The van der Waals surface area contributed by atoms with Crippen LogP contribution in [0.4, 0.5) is 16.2 Å². The molecule has 1 aliphatic carbocycles. The molecule has 0 atom stereocenters. The van der Waals surface area contributed by atoms with Crippen molar-refractivity contribution < 1.29 is 19.1 Å². The van der Waals surface area contributed by atoms with Gasteiger partial charge in [0.1, 0.15) is 5.75 Å². The molecule has 0 aliphatic heterocycles. The van der Waals surface area contributed by atoms with E-state index >= 15 is 0 Å². The fourth-order valence-corrected chi connectivity index (χ4v) is 4.72. The molecule has 1 aliphatic rings. The van der Waals surface area contributed by atoms with Crippen LogP contribution in [0.1, 0.15) is 22.8 Å². The van der Waals surface area contributed by atoms with Crippen LogP contribution in [0.3, 0.4) is 0 Å². The highest BCUT2D eigenvalue weighted by Crippen LogP contribution is 2.41. The zero-order chi connectivity index (χ0) is 24.0. The van der Waals surface area contributed by atoms with Gasteiger partial charge in [-0.1, -0.05) is 59.6 Å². The van der Waals surface area contributed by atoms with Crippen LogP contribution in [-0.4, -0.2) is 17.8 Å². The maximum atomic E-state index is 13.0. The van der Waals surface area contributed by atoms with Gasteiger partial charge in [-0.2, -0.15) is 0 Å². The zero-order valence-corrected chi connectivity index (χ0v) is 19.3. The number of amides is 2. The minimum Gasteiger partial charge on any atom is -0.427 e. The van der Waals surface area contributed by atoms with Crippen molar-refractivity contribution in [2.75, 3.05) is 10.6 Å². The van der Waals surface area contributed by atoms with Crippen molar-refractivity contribution in [2.24, 2.45) is 0 Å². The molecule has 168 valence electrons. The van der Waals surface area contributed by atoms with Crippen LogP contribution in [0.25, 0.3) is 21.9 Å². The number of nitrogens with one attached hydrogen (secondary N) is 2. The van der Waals surface area contributed by atoms with Gasteiger partial charge >= 0.3 is 12.0 Å². The largest absolute Gasteiger partial charge is 0.427 e. The Labute approximate surface area is 204 Å². The molecule has 0 spiro atoms. The van der Waals surface area contributed by atoms with E-state index in [0.29, 0.717) is 32.6 Å². The predicted molar refractivity (Wildman–Crippen MR) is 133 cm³/mol. The molecule has 0 saturated carbocycles. The first kappa shape index (κ1) is 21.9. The Morgan fingerprint density at radius 2 is 1.53 bits per heavy atom. The van der Waals surface area contributed by atoms with Gasteiger partial charge in [0.15, 0.2) is 5.78 Å². The molecular formula is C26H16Cl2N2O4. The van der Waals surface area contributed by atoms with Crippen molar-refractivity contribution in [1.82, 2.24) is 0 Å². The molecule has 2 amide bonds. The topological polar surface area (TPSA) is 84.5 Å². The van der Waals surface area contributed by atoms with Gasteiger partial charge in [0.25, 0.3) is 0 Å². The number of ether oxygens (including phenoxy) is 1. The fourth-order valence-electron chi connectivity index (χ4n) is 4.13. The minimum atomic E-state index is -0.597. The lowest BCUT2D eigenvalue weighted by molar-refractivity contribution is -0.131. The van der Waals surface area contributed by atoms with E-state index in [1.54, 1.807) is 42.5 Å². The van der Waals surface area contributed by atoms with E-state index in [2.05, 4.69) is 10.6 Å². The summed E-state index contributed by atoms with van der Waals surface area (Å²) in [6.07, 6.45) is 0. The zero-order valence-electron chi connectivity index (χ0n) is 17.7. The summed E-state index contributed by atoms with van der Waals surface area (Å²) in [5.74, 6) is -0.350. The molecule has 0 aromatic heterocycles. The lowest BCUT2D eigenvalue weighted by Gasteiger charge is -2.15. The average Bonchev–Trinajstić information content (AvgIpc) is 3.09. The van der Waals surface area contributed by atoms with E-state index in [-0.39, 0.29) is 22.2 Å². The minimum absolute atomic E-state index is 0.150. The van der Waals surface area contributed by atoms with Gasteiger partial charge in [0.05, 0.1) is 27.0 Å². The van der Waals surface area contributed by atoms with E-state index in [9.17, 15) is 14.4 Å². The van der Waals surface area contributed by atoms with Gasteiger partial charge in [0.2, 0.25) is 0 Å². The Hall–Kier alpha value is -3.87. The Balaban J connectivity index is 1.49. The van der Waals surface area contributed by atoms with Gasteiger partial charge in [0, 0.05) is 23.3 Å². The molecule has 6 nitrogen and oxygen atoms in total. The Morgan fingerprint density at radius 1 is 0.794 bits per heavy atom. The van der Waals surface area contributed by atoms with Crippen molar-refractivity contribution >= 4 is 63.1 Å². The molecule has 2 N–H and O–H groups in total. The number of ketones is 1. The predicted octanol–water partition coefficient (Wildman–Crippen LogP) is 6.93. The number of carbonyl (C=O) groups is 3. The highest BCUT2D eigenvalue weighted by molar-refractivity contribution is 6.41. The molecule has 0 radical (unpaired) electrons. The highest BCUT2D eigenvalue weighted by Gasteiger charge is 2.29. The number of halogens is 2. The SMILES string of the molecule is CC(=O)Oc1ccc2c(Cl)cc(Cl)c(NC(=O)Nc3cccc4c3C(=O)c3ccccc3-4)c2c1. The quantitative estimate of drug-likeness (QED) is 0.212. The summed E-state index contributed by atoms with van der Waals surface area (Å²) in [5, 5.41) is 7.20. The Morgan fingerprint density at radius 3 is 2.29 bits per heavy atom. The van der Waals surface area contributed by atoms with E-state index in [4.69, 9.17) is 27.9 Å². The number of esters is 1. The standard InChI is InChI=1S/C26H16Cl2N2O4/c1-13(31)34-14-9-10-16-19(11-14)24(21(28)12-20(16)27)30-26(33)29-22-8-4-7-17-15-5-2-3-6-18(15)25(32)23(17)22/h2-12H,1H3,(H2,29,30,33). The van der Waals surface area contributed by atoms with Gasteiger partial charge in [-0.3, -0.25) is 9.59 Å². The van der Waals surface area contributed by atoms with Crippen LogP contribution < -0.4 is 15.4 Å². The lowest BCUT2D eigenvalue weighted by Crippen LogP contribution is -2.21. The van der Waals surface area contributed by atoms with E-state index in [1.165, 1.54) is 13.0 Å². The second-order valence-corrected chi connectivity index (χ2v) is 8.51. The first-order valence-corrected chi connectivity index (χ1v) is 11.0. The number of anilines is 2. The molecule has 34 heavy (non-hydrogen) atoms. The van der Waals surface area contributed by atoms with Gasteiger partial charge < -0.3 is 15.4 Å². The van der Waals surface area contributed by atoms with Crippen LogP contribution in [0, 0.1) is 0 Å². The van der Waals surface area contributed by atoms with Gasteiger partial charge in [-0.25, -0.2) is 4.79 Å². The summed E-state index contributed by atoms with van der Waals surface area (Å²) in [6, 6.07) is 18.4. The Kier molecular flexibility index (Phi) is 5.48. The summed E-state index contributed by atoms with van der Waals surface area (Å²) in [5.41, 5.74) is 3.29. The van der Waals surface area contributed by atoms with Crippen LogP contribution >= 0.6 is 23.2 Å². The highest BCUT2D eigenvalue weighted by atomic mass is 35.5. The van der Waals surface area contributed by atoms with Crippen molar-refractivity contribution in [3.05, 3.63) is 87.9 Å². The van der Waals surface area contributed by atoms with Crippen molar-refractivity contribution in [3.8, 4) is 16.9 Å². The van der Waals surface area contributed by atoms with Crippen LogP contribution in [0.5, 0.6) is 5.75 Å². The van der Waals surface area contributed by atoms with E-state index in [1.807, 2.05) is 18.2 Å². The number of carbonyl (C=O) groups excluding carboxylic acids is 3. The number of hydrogen-bond acceptors (Lipinski definition) is 4. The van der Waals surface area contributed by atoms with Crippen LogP contribution in [0.15, 0.2) is 66.7 Å². The molecular weight excluding hydrogens is 475 g/mol. The number of benzene rings is 4. The summed E-state index contributed by atoms with van der Waals surface area (Å²) in [7, 11) is 0. The third kappa shape index (κ3) is 3.77. The third-order valence-corrected chi connectivity index (χ3v) is 6.12.